The van der Waals surface area contributed by atoms with Gasteiger partial charge in [0.05, 0.1) is 11.6 Å². The van der Waals surface area contributed by atoms with Crippen molar-refractivity contribution in [2.75, 3.05) is 12.4 Å². The Balaban J connectivity index is 2.31. The van der Waals surface area contributed by atoms with Crippen LogP contribution in [0.25, 0.3) is 0 Å². The van der Waals surface area contributed by atoms with Crippen LogP contribution in [0.2, 0.25) is 0 Å². The van der Waals surface area contributed by atoms with Crippen LogP contribution in [0.3, 0.4) is 0 Å². The first-order chi connectivity index (χ1) is 8.61. The molecule has 0 saturated heterocycles. The number of hydrogen-bond donors (Lipinski definition) is 1. The van der Waals surface area contributed by atoms with Crippen LogP contribution in [-0.2, 0) is 0 Å². The van der Waals surface area contributed by atoms with Gasteiger partial charge in [-0.3, -0.25) is 0 Å². The molecule has 0 aliphatic rings. The van der Waals surface area contributed by atoms with E-state index in [9.17, 15) is 4.39 Å². The molecular weight excluding hydrogens is 299 g/mol. The van der Waals surface area contributed by atoms with Gasteiger partial charge in [-0.1, -0.05) is 0 Å². The molecule has 0 amide bonds. The van der Waals surface area contributed by atoms with Crippen molar-refractivity contribution in [3.8, 4) is 5.75 Å². The zero-order chi connectivity index (χ0) is 13.1. The van der Waals surface area contributed by atoms with Crippen LogP contribution >= 0.6 is 15.9 Å². The molecule has 0 fully saturated rings. The molecule has 18 heavy (non-hydrogen) atoms. The summed E-state index contributed by atoms with van der Waals surface area (Å²) in [5, 5.41) is 3.11. The molecule has 1 N–H and O–H groups in total. The van der Waals surface area contributed by atoms with E-state index in [0.717, 1.165) is 10.0 Å². The highest BCUT2D eigenvalue weighted by Crippen LogP contribution is 2.28. The van der Waals surface area contributed by atoms with Gasteiger partial charge in [0.25, 0.3) is 0 Å². The van der Waals surface area contributed by atoms with Crippen LogP contribution in [0.4, 0.5) is 15.9 Å². The molecule has 0 aliphatic heterocycles. The monoisotopic (exact) mass is 310 g/mol. The molecule has 1 heterocycles. The predicted molar refractivity (Wildman–Crippen MR) is 72.9 cm³/mol. The fourth-order valence-electron chi connectivity index (χ4n) is 1.50. The Kier molecular flexibility index (Phi) is 3.81. The highest BCUT2D eigenvalue weighted by molar-refractivity contribution is 9.10. The van der Waals surface area contributed by atoms with E-state index < -0.39 is 0 Å². The topological polar surface area (TPSA) is 34.1 Å². The number of anilines is 2. The van der Waals surface area contributed by atoms with Gasteiger partial charge in [-0.15, -0.1) is 0 Å². The van der Waals surface area contributed by atoms with E-state index in [1.54, 1.807) is 18.3 Å². The number of rotatable bonds is 3. The van der Waals surface area contributed by atoms with Gasteiger partial charge in [-0.25, -0.2) is 9.37 Å². The van der Waals surface area contributed by atoms with E-state index >= 15 is 0 Å². The molecule has 0 unspecified atom stereocenters. The zero-order valence-corrected chi connectivity index (χ0v) is 11.6. The van der Waals surface area contributed by atoms with Crippen LogP contribution in [0.5, 0.6) is 5.75 Å². The quantitative estimate of drug-likeness (QED) is 0.929. The lowest BCUT2D eigenvalue weighted by Gasteiger charge is -2.10. The number of nitrogens with zero attached hydrogens (tertiary/aromatic N) is 1. The summed E-state index contributed by atoms with van der Waals surface area (Å²) >= 11 is 3.46. The lowest BCUT2D eigenvalue weighted by Crippen LogP contribution is -1.97. The van der Waals surface area contributed by atoms with E-state index in [-0.39, 0.29) is 11.6 Å². The summed E-state index contributed by atoms with van der Waals surface area (Å²) in [6, 6.07) is 6.48. The molecule has 1 aromatic heterocycles. The summed E-state index contributed by atoms with van der Waals surface area (Å²) in [5.41, 5.74) is 1.79. The fourth-order valence-corrected chi connectivity index (χ4v) is 1.84. The number of methoxy groups -OCH3 is 1. The summed E-state index contributed by atoms with van der Waals surface area (Å²) in [7, 11) is 1.43. The average molecular weight is 311 g/mol. The van der Waals surface area contributed by atoms with Crippen LogP contribution in [-0.4, -0.2) is 12.1 Å². The Morgan fingerprint density at radius 2 is 2.11 bits per heavy atom. The SMILES string of the molecule is COc1cc(Nc2nccc(C)c2Br)ccc1F. The molecule has 0 radical (unpaired) electrons. The second-order valence-corrected chi connectivity index (χ2v) is 4.56. The van der Waals surface area contributed by atoms with E-state index in [0.29, 0.717) is 11.5 Å². The maximum Gasteiger partial charge on any atom is 0.165 e. The van der Waals surface area contributed by atoms with Crippen LogP contribution in [0.15, 0.2) is 34.9 Å². The Morgan fingerprint density at radius 3 is 2.83 bits per heavy atom. The van der Waals surface area contributed by atoms with Gasteiger partial charge in [0.15, 0.2) is 11.6 Å². The normalized spacial score (nSPS) is 10.2. The molecule has 0 bridgehead atoms. The van der Waals surface area contributed by atoms with Gasteiger partial charge in [0, 0.05) is 18.0 Å². The minimum atomic E-state index is -0.390. The maximum atomic E-state index is 13.3. The first-order valence-corrected chi connectivity index (χ1v) is 6.13. The molecule has 2 aromatic rings. The van der Waals surface area contributed by atoms with E-state index in [1.165, 1.54) is 13.2 Å². The van der Waals surface area contributed by atoms with Gasteiger partial charge >= 0.3 is 0 Å². The number of aromatic nitrogens is 1. The van der Waals surface area contributed by atoms with Crippen molar-refractivity contribution >= 4 is 27.4 Å². The minimum Gasteiger partial charge on any atom is -0.494 e. The van der Waals surface area contributed by atoms with E-state index in [4.69, 9.17) is 4.74 Å². The fraction of sp³-hybridized carbons (Fsp3) is 0.154. The third kappa shape index (κ3) is 2.61. The average Bonchev–Trinajstić information content (AvgIpc) is 2.37. The summed E-state index contributed by atoms with van der Waals surface area (Å²) in [6.07, 6.45) is 1.71. The Morgan fingerprint density at radius 1 is 1.33 bits per heavy atom. The molecule has 0 spiro atoms. The number of pyridine rings is 1. The van der Waals surface area contributed by atoms with Crippen LogP contribution < -0.4 is 10.1 Å². The van der Waals surface area contributed by atoms with Crippen LogP contribution in [0.1, 0.15) is 5.56 Å². The second kappa shape index (κ2) is 5.35. The molecule has 2 rings (SSSR count). The van der Waals surface area contributed by atoms with Gasteiger partial charge in [0.2, 0.25) is 0 Å². The van der Waals surface area contributed by atoms with Gasteiger partial charge in [0.1, 0.15) is 5.82 Å². The van der Waals surface area contributed by atoms with Crippen molar-refractivity contribution in [3.63, 3.8) is 0 Å². The van der Waals surface area contributed by atoms with Crippen molar-refractivity contribution in [1.82, 2.24) is 4.98 Å². The Hall–Kier alpha value is -1.62. The number of ether oxygens (including phenoxy) is 1. The smallest absolute Gasteiger partial charge is 0.165 e. The molecule has 0 atom stereocenters. The first-order valence-electron chi connectivity index (χ1n) is 5.33. The maximum absolute atomic E-state index is 13.3. The highest BCUT2D eigenvalue weighted by Gasteiger charge is 2.07. The Bertz CT molecular complexity index is 575. The Labute approximate surface area is 113 Å². The summed E-state index contributed by atoms with van der Waals surface area (Å²) in [6.45, 7) is 1.97. The summed E-state index contributed by atoms with van der Waals surface area (Å²) in [4.78, 5) is 4.22. The van der Waals surface area contributed by atoms with E-state index in [1.807, 2.05) is 13.0 Å². The molecule has 0 aliphatic carbocycles. The second-order valence-electron chi connectivity index (χ2n) is 3.76. The lowest BCUT2D eigenvalue weighted by molar-refractivity contribution is 0.387. The molecular formula is C13H12BrFN2O. The number of nitrogens with one attached hydrogen (secondary N) is 1. The third-order valence-corrected chi connectivity index (χ3v) is 3.50. The van der Waals surface area contributed by atoms with Crippen molar-refractivity contribution in [2.45, 2.75) is 6.92 Å². The van der Waals surface area contributed by atoms with Crippen molar-refractivity contribution in [2.24, 2.45) is 0 Å². The minimum absolute atomic E-state index is 0.198. The molecule has 5 heteroatoms. The molecule has 0 saturated carbocycles. The lowest BCUT2D eigenvalue weighted by atomic mass is 10.2. The van der Waals surface area contributed by atoms with Crippen molar-refractivity contribution in [1.29, 1.82) is 0 Å². The highest BCUT2D eigenvalue weighted by atomic mass is 79.9. The number of hydrogen-bond acceptors (Lipinski definition) is 3. The van der Waals surface area contributed by atoms with Gasteiger partial charge < -0.3 is 10.1 Å². The van der Waals surface area contributed by atoms with Crippen molar-refractivity contribution < 1.29 is 9.13 Å². The molecule has 1 aromatic carbocycles. The molecule has 3 nitrogen and oxygen atoms in total. The largest absolute Gasteiger partial charge is 0.494 e. The van der Waals surface area contributed by atoms with E-state index in [2.05, 4.69) is 26.2 Å². The summed E-state index contributed by atoms with van der Waals surface area (Å²) in [5.74, 6) is 0.492. The van der Waals surface area contributed by atoms with Gasteiger partial charge in [-0.05, 0) is 46.6 Å². The predicted octanol–water partition coefficient (Wildman–Crippen LogP) is 4.04. The summed E-state index contributed by atoms with van der Waals surface area (Å²) < 4.78 is 19.1. The standard InChI is InChI=1S/C13H12BrFN2O/c1-8-5-6-16-13(12(8)14)17-9-3-4-10(15)11(7-9)18-2/h3-7H,1-2H3,(H,16,17). The van der Waals surface area contributed by atoms with Crippen molar-refractivity contribution in [3.05, 3.63) is 46.3 Å². The number of aryl methyl sites for hydroxylation is 1. The molecule has 94 valence electrons. The number of halogens is 2. The van der Waals surface area contributed by atoms with Crippen LogP contribution in [0, 0.1) is 12.7 Å². The first kappa shape index (κ1) is 12.8. The third-order valence-electron chi connectivity index (χ3n) is 2.50. The zero-order valence-electron chi connectivity index (χ0n) is 10.00. The number of benzene rings is 1. The van der Waals surface area contributed by atoms with Gasteiger partial charge in [-0.2, -0.15) is 0 Å².